The molecule has 0 spiro atoms. The van der Waals surface area contributed by atoms with Crippen LogP contribution in [0, 0.1) is 21.4 Å². The first-order valence-electron chi connectivity index (χ1n) is 9.68. The highest BCUT2D eigenvalue weighted by Crippen LogP contribution is 2.23. The predicted molar refractivity (Wildman–Crippen MR) is 120 cm³/mol. The van der Waals surface area contributed by atoms with Crippen LogP contribution in [0.1, 0.15) is 17.0 Å². The molecule has 8 nitrogen and oxygen atoms in total. The second-order valence-corrected chi connectivity index (χ2v) is 6.92. The molecular formula is C24H18N4O4. The minimum Gasteiger partial charge on any atom is -0.497 e. The second kappa shape index (κ2) is 9.02. The van der Waals surface area contributed by atoms with E-state index in [1.807, 2.05) is 30.3 Å². The summed E-state index contributed by atoms with van der Waals surface area (Å²) >= 11 is 0. The number of nitro benzene ring substituents is 1. The highest BCUT2D eigenvalue weighted by atomic mass is 16.6. The Morgan fingerprint density at radius 2 is 1.84 bits per heavy atom. The second-order valence-electron chi connectivity index (χ2n) is 6.92. The van der Waals surface area contributed by atoms with Gasteiger partial charge in [-0.3, -0.25) is 10.1 Å². The number of H-pyrrole nitrogens is 1. The molecule has 32 heavy (non-hydrogen) atoms. The van der Waals surface area contributed by atoms with Crippen LogP contribution < -0.4 is 9.47 Å². The quantitative estimate of drug-likeness (QED) is 0.249. The summed E-state index contributed by atoms with van der Waals surface area (Å²) in [6, 6.07) is 21.2. The van der Waals surface area contributed by atoms with Crippen molar-refractivity contribution in [1.82, 2.24) is 9.97 Å². The van der Waals surface area contributed by atoms with Crippen LogP contribution in [0.3, 0.4) is 0 Å². The smallest absolute Gasteiger partial charge is 0.269 e. The average Bonchev–Trinajstić information content (AvgIpc) is 3.25. The van der Waals surface area contributed by atoms with Crippen molar-refractivity contribution < 1.29 is 14.4 Å². The van der Waals surface area contributed by atoms with Crippen LogP contribution in [0.2, 0.25) is 0 Å². The molecule has 0 amide bonds. The summed E-state index contributed by atoms with van der Waals surface area (Å²) in [6.45, 7) is 0.291. The molecule has 0 unspecified atom stereocenters. The molecule has 0 aliphatic heterocycles. The Balaban J connectivity index is 1.46. The van der Waals surface area contributed by atoms with E-state index in [1.165, 1.54) is 12.1 Å². The van der Waals surface area contributed by atoms with Gasteiger partial charge in [-0.2, -0.15) is 5.26 Å². The van der Waals surface area contributed by atoms with E-state index in [9.17, 15) is 15.4 Å². The summed E-state index contributed by atoms with van der Waals surface area (Å²) in [4.78, 5) is 17.9. The van der Waals surface area contributed by atoms with E-state index in [-0.39, 0.29) is 5.69 Å². The van der Waals surface area contributed by atoms with Gasteiger partial charge >= 0.3 is 0 Å². The minimum absolute atomic E-state index is 0.0433. The molecule has 0 atom stereocenters. The van der Waals surface area contributed by atoms with Crippen LogP contribution in [-0.4, -0.2) is 22.0 Å². The van der Waals surface area contributed by atoms with Crippen molar-refractivity contribution in [3.05, 3.63) is 93.8 Å². The largest absolute Gasteiger partial charge is 0.497 e. The standard InChI is InChI=1S/C24H18N4O4/c1-31-21-10-11-22-23(13-21)27-24(26-22)18(14-25)12-16-4-8-20(9-5-16)32-15-17-2-6-19(7-3-17)28(29)30/h2-13H,15H2,1H3,(H,26,27)/b18-12-. The first-order chi connectivity index (χ1) is 15.6. The van der Waals surface area contributed by atoms with Crippen LogP contribution in [-0.2, 0) is 6.61 Å². The van der Waals surface area contributed by atoms with Gasteiger partial charge in [-0.05, 0) is 53.6 Å². The van der Waals surface area contributed by atoms with Gasteiger partial charge < -0.3 is 14.5 Å². The van der Waals surface area contributed by atoms with Crippen molar-refractivity contribution in [1.29, 1.82) is 5.26 Å². The van der Waals surface area contributed by atoms with Crippen LogP contribution in [0.4, 0.5) is 5.69 Å². The number of hydrogen-bond donors (Lipinski definition) is 1. The normalized spacial score (nSPS) is 11.2. The Morgan fingerprint density at radius 3 is 2.50 bits per heavy atom. The summed E-state index contributed by atoms with van der Waals surface area (Å²) in [5, 5.41) is 20.3. The van der Waals surface area contributed by atoms with Crippen molar-refractivity contribution in [3.8, 4) is 17.6 Å². The van der Waals surface area contributed by atoms with Crippen LogP contribution in [0.5, 0.6) is 11.5 Å². The first-order valence-corrected chi connectivity index (χ1v) is 9.68. The highest BCUT2D eigenvalue weighted by Gasteiger charge is 2.09. The van der Waals surface area contributed by atoms with Gasteiger partial charge in [-0.1, -0.05) is 12.1 Å². The number of aromatic amines is 1. The zero-order chi connectivity index (χ0) is 22.5. The molecule has 0 saturated carbocycles. The highest BCUT2D eigenvalue weighted by molar-refractivity contribution is 5.90. The molecule has 0 aliphatic rings. The molecule has 1 N–H and O–H groups in total. The van der Waals surface area contributed by atoms with E-state index in [4.69, 9.17) is 9.47 Å². The number of nitro groups is 1. The van der Waals surface area contributed by atoms with Gasteiger partial charge in [0.1, 0.15) is 30.0 Å². The maximum atomic E-state index is 10.7. The third-order valence-electron chi connectivity index (χ3n) is 4.81. The lowest BCUT2D eigenvalue weighted by atomic mass is 10.1. The monoisotopic (exact) mass is 426 g/mol. The Hall–Kier alpha value is -4.64. The SMILES string of the molecule is COc1ccc2nc(/C(C#N)=C\c3ccc(OCc4ccc([N+](=O)[O-])cc4)cc3)[nH]c2c1. The molecule has 158 valence electrons. The number of ether oxygens (including phenoxy) is 2. The number of nitriles is 1. The first kappa shape index (κ1) is 20.6. The van der Waals surface area contributed by atoms with E-state index < -0.39 is 4.92 Å². The number of hydrogen-bond acceptors (Lipinski definition) is 6. The molecule has 3 aromatic carbocycles. The Labute approximate surface area is 183 Å². The maximum absolute atomic E-state index is 10.7. The fourth-order valence-electron chi connectivity index (χ4n) is 3.10. The summed E-state index contributed by atoms with van der Waals surface area (Å²) in [5.74, 6) is 1.84. The molecule has 0 fully saturated rings. The number of nitrogens with one attached hydrogen (secondary N) is 1. The van der Waals surface area contributed by atoms with Crippen LogP contribution in [0.15, 0.2) is 66.7 Å². The fraction of sp³-hybridized carbons (Fsp3) is 0.0833. The number of allylic oxidation sites excluding steroid dienone is 1. The minimum atomic E-state index is -0.436. The van der Waals surface area contributed by atoms with E-state index >= 15 is 0 Å². The molecule has 4 rings (SSSR count). The van der Waals surface area contributed by atoms with Gasteiger partial charge in [0.05, 0.1) is 28.6 Å². The summed E-state index contributed by atoms with van der Waals surface area (Å²) in [7, 11) is 1.60. The van der Waals surface area contributed by atoms with E-state index in [2.05, 4.69) is 16.0 Å². The number of fused-ring (bicyclic) bond motifs is 1. The third kappa shape index (κ3) is 4.57. The van der Waals surface area contributed by atoms with E-state index in [0.717, 1.165) is 22.2 Å². The number of benzene rings is 3. The third-order valence-corrected chi connectivity index (χ3v) is 4.81. The van der Waals surface area contributed by atoms with Gasteiger partial charge in [-0.15, -0.1) is 0 Å². The number of nitrogens with zero attached hydrogens (tertiary/aromatic N) is 3. The molecular weight excluding hydrogens is 408 g/mol. The Bertz CT molecular complexity index is 1330. The fourth-order valence-corrected chi connectivity index (χ4v) is 3.10. The van der Waals surface area contributed by atoms with Crippen LogP contribution >= 0.6 is 0 Å². The summed E-state index contributed by atoms with van der Waals surface area (Å²) < 4.78 is 11.0. The predicted octanol–water partition coefficient (Wildman–Crippen LogP) is 5.12. The molecule has 1 heterocycles. The maximum Gasteiger partial charge on any atom is 0.269 e. The summed E-state index contributed by atoms with van der Waals surface area (Å²) in [5.41, 5.74) is 3.63. The number of methoxy groups -OCH3 is 1. The molecule has 0 radical (unpaired) electrons. The number of non-ortho nitro benzene ring substituents is 1. The molecule has 4 aromatic rings. The van der Waals surface area contributed by atoms with Gasteiger partial charge in [0.2, 0.25) is 0 Å². The van der Waals surface area contributed by atoms with Crippen molar-refractivity contribution in [2.24, 2.45) is 0 Å². The van der Waals surface area contributed by atoms with Crippen molar-refractivity contribution in [3.63, 3.8) is 0 Å². The van der Waals surface area contributed by atoms with Crippen molar-refractivity contribution in [2.45, 2.75) is 6.61 Å². The number of aromatic nitrogens is 2. The van der Waals surface area contributed by atoms with Gasteiger partial charge in [0, 0.05) is 18.2 Å². The lowest BCUT2D eigenvalue weighted by Gasteiger charge is -2.06. The van der Waals surface area contributed by atoms with E-state index in [0.29, 0.717) is 29.5 Å². The lowest BCUT2D eigenvalue weighted by molar-refractivity contribution is -0.384. The molecule has 1 aromatic heterocycles. The molecule has 0 saturated heterocycles. The van der Waals surface area contributed by atoms with Gasteiger partial charge in [0.25, 0.3) is 5.69 Å². The lowest BCUT2D eigenvalue weighted by Crippen LogP contribution is -1.96. The number of imidazole rings is 1. The van der Waals surface area contributed by atoms with E-state index in [1.54, 1.807) is 37.5 Å². The van der Waals surface area contributed by atoms with Gasteiger partial charge in [-0.25, -0.2) is 4.98 Å². The number of rotatable bonds is 7. The van der Waals surface area contributed by atoms with Crippen molar-refractivity contribution in [2.75, 3.05) is 7.11 Å². The van der Waals surface area contributed by atoms with Gasteiger partial charge in [0.15, 0.2) is 0 Å². The zero-order valence-electron chi connectivity index (χ0n) is 17.1. The Kier molecular flexibility index (Phi) is 5.81. The zero-order valence-corrected chi connectivity index (χ0v) is 17.1. The average molecular weight is 426 g/mol. The topological polar surface area (TPSA) is 114 Å². The molecule has 8 heteroatoms. The molecule has 0 bridgehead atoms. The summed E-state index contributed by atoms with van der Waals surface area (Å²) in [6.07, 6.45) is 1.75. The Morgan fingerprint density at radius 1 is 1.12 bits per heavy atom. The van der Waals surface area contributed by atoms with Crippen LogP contribution in [0.25, 0.3) is 22.7 Å². The van der Waals surface area contributed by atoms with Crippen molar-refractivity contribution >= 4 is 28.4 Å². The molecule has 0 aliphatic carbocycles.